The minimum absolute atomic E-state index is 0.427. The van der Waals surface area contributed by atoms with Crippen LogP contribution >= 0.6 is 0 Å². The topological polar surface area (TPSA) is 43.9 Å². The molecule has 0 amide bonds. The van der Waals surface area contributed by atoms with Gasteiger partial charge in [-0.2, -0.15) is 0 Å². The van der Waals surface area contributed by atoms with Gasteiger partial charge in [-0.05, 0) is 13.8 Å². The van der Waals surface area contributed by atoms with Gasteiger partial charge in [-0.25, -0.2) is 4.98 Å². The number of piperazine rings is 2. The van der Waals surface area contributed by atoms with Gasteiger partial charge in [0.25, 0.3) is 0 Å². The first-order chi connectivity index (χ1) is 11.2. The molecule has 23 heavy (non-hydrogen) atoms. The second-order valence-corrected chi connectivity index (χ2v) is 7.00. The Kier molecular flexibility index (Phi) is 4.03. The van der Waals surface area contributed by atoms with Crippen molar-refractivity contribution in [1.82, 2.24) is 15.2 Å². The van der Waals surface area contributed by atoms with E-state index < -0.39 is 0 Å². The normalized spacial score (nSPS) is 25.1. The fraction of sp³-hybridized carbons (Fsp3) is 0.706. The van der Waals surface area contributed by atoms with Crippen molar-refractivity contribution in [3.8, 4) is 5.75 Å². The van der Waals surface area contributed by atoms with Crippen molar-refractivity contribution >= 4 is 11.5 Å². The van der Waals surface area contributed by atoms with Crippen molar-refractivity contribution in [1.29, 1.82) is 0 Å². The van der Waals surface area contributed by atoms with E-state index in [1.165, 1.54) is 5.69 Å². The first-order valence-electron chi connectivity index (χ1n) is 8.81. The van der Waals surface area contributed by atoms with Crippen molar-refractivity contribution in [3.05, 3.63) is 12.3 Å². The Hall–Kier alpha value is -1.53. The zero-order chi connectivity index (χ0) is 15.8. The van der Waals surface area contributed by atoms with Crippen molar-refractivity contribution in [2.45, 2.75) is 25.9 Å². The Labute approximate surface area is 138 Å². The van der Waals surface area contributed by atoms with Gasteiger partial charge in [-0.1, -0.05) is 0 Å². The molecule has 1 aromatic rings. The molecular formula is C17H27N5O. The Balaban J connectivity index is 1.53. The average molecular weight is 317 g/mol. The van der Waals surface area contributed by atoms with Gasteiger partial charge >= 0.3 is 0 Å². The SMILES string of the molecule is CC(C)N1CCN2c3ncc(N4CCNCC4)cc3OC[C@@H]2C1. The predicted octanol–water partition coefficient (Wildman–Crippen LogP) is 0.783. The molecule has 4 rings (SSSR count). The number of hydrogen-bond acceptors (Lipinski definition) is 6. The highest BCUT2D eigenvalue weighted by atomic mass is 16.5. The van der Waals surface area contributed by atoms with E-state index in [1.807, 2.05) is 6.20 Å². The third-order valence-corrected chi connectivity index (χ3v) is 5.25. The van der Waals surface area contributed by atoms with Gasteiger partial charge in [0, 0.05) is 57.9 Å². The monoisotopic (exact) mass is 317 g/mol. The van der Waals surface area contributed by atoms with Crippen LogP contribution in [0.1, 0.15) is 13.8 Å². The van der Waals surface area contributed by atoms with Crippen LogP contribution in [0.3, 0.4) is 0 Å². The third kappa shape index (κ3) is 2.85. The molecule has 0 radical (unpaired) electrons. The summed E-state index contributed by atoms with van der Waals surface area (Å²) < 4.78 is 6.08. The summed E-state index contributed by atoms with van der Waals surface area (Å²) in [6, 6.07) is 3.20. The van der Waals surface area contributed by atoms with Gasteiger partial charge in [0.2, 0.25) is 0 Å². The maximum atomic E-state index is 6.08. The Morgan fingerprint density at radius 3 is 2.83 bits per heavy atom. The van der Waals surface area contributed by atoms with E-state index in [1.54, 1.807) is 0 Å². The van der Waals surface area contributed by atoms with Crippen LogP contribution in [-0.2, 0) is 0 Å². The van der Waals surface area contributed by atoms with Crippen molar-refractivity contribution in [3.63, 3.8) is 0 Å². The number of rotatable bonds is 2. The van der Waals surface area contributed by atoms with Crippen LogP contribution in [-0.4, -0.2) is 74.4 Å². The van der Waals surface area contributed by atoms with Gasteiger partial charge in [0.1, 0.15) is 6.61 Å². The van der Waals surface area contributed by atoms with E-state index in [0.29, 0.717) is 12.1 Å². The Morgan fingerprint density at radius 1 is 1.22 bits per heavy atom. The lowest BCUT2D eigenvalue weighted by Gasteiger charge is -2.46. The number of nitrogens with zero attached hydrogens (tertiary/aromatic N) is 4. The van der Waals surface area contributed by atoms with Crippen molar-refractivity contribution in [2.24, 2.45) is 0 Å². The summed E-state index contributed by atoms with van der Waals surface area (Å²) in [7, 11) is 0. The zero-order valence-electron chi connectivity index (χ0n) is 14.2. The molecule has 126 valence electrons. The molecule has 3 aliphatic heterocycles. The number of anilines is 2. The first-order valence-corrected chi connectivity index (χ1v) is 8.81. The molecule has 1 N–H and O–H groups in total. The third-order valence-electron chi connectivity index (χ3n) is 5.25. The highest BCUT2D eigenvalue weighted by molar-refractivity contribution is 5.62. The largest absolute Gasteiger partial charge is 0.487 e. The molecule has 0 bridgehead atoms. The van der Waals surface area contributed by atoms with Crippen LogP contribution in [0.15, 0.2) is 12.3 Å². The number of fused-ring (bicyclic) bond motifs is 3. The van der Waals surface area contributed by atoms with Crippen LogP contribution in [0.5, 0.6) is 5.75 Å². The van der Waals surface area contributed by atoms with Gasteiger partial charge in [-0.15, -0.1) is 0 Å². The van der Waals surface area contributed by atoms with Gasteiger partial charge in [0.15, 0.2) is 11.6 Å². The minimum Gasteiger partial charge on any atom is -0.487 e. The van der Waals surface area contributed by atoms with Crippen LogP contribution in [0.2, 0.25) is 0 Å². The molecule has 4 heterocycles. The smallest absolute Gasteiger partial charge is 0.171 e. The molecular weight excluding hydrogens is 290 g/mol. The molecule has 0 saturated carbocycles. The number of aromatic nitrogens is 1. The predicted molar refractivity (Wildman–Crippen MR) is 92.7 cm³/mol. The highest BCUT2D eigenvalue weighted by Crippen LogP contribution is 2.36. The van der Waals surface area contributed by atoms with Crippen molar-refractivity contribution in [2.75, 3.05) is 62.2 Å². The van der Waals surface area contributed by atoms with Crippen molar-refractivity contribution < 1.29 is 4.74 Å². The summed E-state index contributed by atoms with van der Waals surface area (Å²) in [5.41, 5.74) is 1.18. The standard InChI is InChI=1S/C17H27N5O/c1-13(2)21-7-8-22-15(11-21)12-23-16-9-14(10-19-17(16)22)20-5-3-18-4-6-20/h9-10,13,15,18H,3-8,11-12H2,1-2H3/t15-/m0/s1. The lowest BCUT2D eigenvalue weighted by Crippen LogP contribution is -2.58. The molecule has 0 spiro atoms. The molecule has 0 aromatic carbocycles. The van der Waals surface area contributed by atoms with E-state index in [2.05, 4.69) is 39.9 Å². The van der Waals surface area contributed by atoms with Crippen LogP contribution in [0.4, 0.5) is 11.5 Å². The summed E-state index contributed by atoms with van der Waals surface area (Å²) >= 11 is 0. The van der Waals surface area contributed by atoms with E-state index in [-0.39, 0.29) is 0 Å². The summed E-state index contributed by atoms with van der Waals surface area (Å²) in [6.45, 7) is 12.7. The summed E-state index contributed by atoms with van der Waals surface area (Å²) in [5.74, 6) is 1.99. The maximum absolute atomic E-state index is 6.08. The van der Waals surface area contributed by atoms with E-state index in [9.17, 15) is 0 Å². The fourth-order valence-corrected chi connectivity index (χ4v) is 3.80. The lowest BCUT2D eigenvalue weighted by molar-refractivity contribution is 0.140. The van der Waals surface area contributed by atoms with Gasteiger partial charge in [0.05, 0.1) is 17.9 Å². The first kappa shape index (κ1) is 15.0. The Bertz CT molecular complexity index is 558. The number of ether oxygens (including phenoxy) is 1. The van der Waals surface area contributed by atoms with E-state index >= 15 is 0 Å². The number of pyridine rings is 1. The van der Waals surface area contributed by atoms with E-state index in [4.69, 9.17) is 9.72 Å². The molecule has 6 nitrogen and oxygen atoms in total. The molecule has 1 atom stereocenters. The molecule has 0 unspecified atom stereocenters. The summed E-state index contributed by atoms with van der Waals surface area (Å²) in [4.78, 5) is 12.1. The van der Waals surface area contributed by atoms with Gasteiger partial charge < -0.3 is 19.9 Å². The van der Waals surface area contributed by atoms with Gasteiger partial charge in [-0.3, -0.25) is 4.90 Å². The average Bonchev–Trinajstić information content (AvgIpc) is 2.61. The maximum Gasteiger partial charge on any atom is 0.171 e. The molecule has 1 aromatic heterocycles. The Morgan fingerprint density at radius 2 is 2.04 bits per heavy atom. The molecule has 2 fully saturated rings. The zero-order valence-corrected chi connectivity index (χ0v) is 14.2. The minimum atomic E-state index is 0.427. The van der Waals surface area contributed by atoms with Crippen LogP contribution in [0, 0.1) is 0 Å². The quantitative estimate of drug-likeness (QED) is 0.870. The fourth-order valence-electron chi connectivity index (χ4n) is 3.80. The van der Waals surface area contributed by atoms with Crippen LogP contribution < -0.4 is 19.9 Å². The summed E-state index contributed by atoms with van der Waals surface area (Å²) in [6.07, 6.45) is 2.02. The molecule has 3 aliphatic rings. The second kappa shape index (κ2) is 6.17. The number of hydrogen-bond donors (Lipinski definition) is 1. The second-order valence-electron chi connectivity index (χ2n) is 7.00. The number of nitrogens with one attached hydrogen (secondary N) is 1. The molecule has 2 saturated heterocycles. The lowest BCUT2D eigenvalue weighted by atomic mass is 10.1. The molecule has 6 heteroatoms. The molecule has 0 aliphatic carbocycles. The van der Waals surface area contributed by atoms with E-state index in [0.717, 1.165) is 64.0 Å². The summed E-state index contributed by atoms with van der Waals surface area (Å²) in [5, 5.41) is 3.39. The van der Waals surface area contributed by atoms with Crippen LogP contribution in [0.25, 0.3) is 0 Å². The highest BCUT2D eigenvalue weighted by Gasteiger charge is 2.34.